The van der Waals surface area contributed by atoms with Crippen molar-refractivity contribution >= 4 is 0 Å². The summed E-state index contributed by atoms with van der Waals surface area (Å²) in [6.45, 7) is 9.37. The maximum Gasteiger partial charge on any atom is 0.00981 e. The van der Waals surface area contributed by atoms with Crippen molar-refractivity contribution in [2.75, 3.05) is 13.1 Å². The second kappa shape index (κ2) is 9.42. The van der Waals surface area contributed by atoms with Crippen LogP contribution < -0.4 is 5.73 Å². The number of nitrogens with zero attached hydrogens (tertiary/aromatic N) is 1. The number of rotatable bonds is 8. The van der Waals surface area contributed by atoms with Crippen LogP contribution in [0, 0.1) is 11.3 Å². The van der Waals surface area contributed by atoms with E-state index in [9.17, 15) is 0 Å². The van der Waals surface area contributed by atoms with E-state index >= 15 is 0 Å². The monoisotopic (exact) mass is 322 g/mol. The molecule has 0 bridgehead atoms. The minimum absolute atomic E-state index is 0.431. The van der Waals surface area contributed by atoms with Crippen LogP contribution in [0.3, 0.4) is 0 Å². The Morgan fingerprint density at radius 2 is 1.39 bits per heavy atom. The summed E-state index contributed by atoms with van der Waals surface area (Å²) >= 11 is 0. The Balaban J connectivity index is 1.93. The molecule has 2 N–H and O–H groups in total. The Bertz CT molecular complexity index is 296. The Morgan fingerprint density at radius 3 is 1.83 bits per heavy atom. The van der Waals surface area contributed by atoms with Crippen molar-refractivity contribution < 1.29 is 0 Å². The third-order valence-electron chi connectivity index (χ3n) is 6.44. The normalized spacial score (nSPS) is 23.3. The number of hydrogen-bond acceptors (Lipinski definition) is 2. The van der Waals surface area contributed by atoms with Gasteiger partial charge in [0.25, 0.3) is 0 Å². The highest BCUT2D eigenvalue weighted by Crippen LogP contribution is 2.34. The summed E-state index contributed by atoms with van der Waals surface area (Å²) < 4.78 is 0. The molecule has 1 atom stereocenters. The van der Waals surface area contributed by atoms with Crippen molar-refractivity contribution in [2.24, 2.45) is 17.1 Å². The standard InChI is InChI=1S/C21H42N2/c1-18(17-22)16-21(2,3)14-15-23(19-10-6-4-7-11-19)20-12-8-5-9-13-20/h18-20H,4-17,22H2,1-3H3. The minimum Gasteiger partial charge on any atom is -0.330 e. The Morgan fingerprint density at radius 1 is 0.913 bits per heavy atom. The van der Waals surface area contributed by atoms with E-state index in [0.717, 1.165) is 18.6 Å². The fourth-order valence-corrected chi connectivity index (χ4v) is 5.05. The molecule has 2 nitrogen and oxygen atoms in total. The molecule has 0 aromatic heterocycles. The minimum atomic E-state index is 0.431. The molecule has 2 aliphatic rings. The molecule has 0 radical (unpaired) electrons. The molecular weight excluding hydrogens is 280 g/mol. The van der Waals surface area contributed by atoms with Crippen molar-refractivity contribution in [1.29, 1.82) is 0 Å². The van der Waals surface area contributed by atoms with Crippen molar-refractivity contribution in [3.63, 3.8) is 0 Å². The summed E-state index contributed by atoms with van der Waals surface area (Å²) in [7, 11) is 0. The van der Waals surface area contributed by atoms with Gasteiger partial charge in [-0.3, -0.25) is 4.90 Å². The van der Waals surface area contributed by atoms with Gasteiger partial charge < -0.3 is 5.73 Å². The highest BCUT2D eigenvalue weighted by atomic mass is 15.2. The van der Waals surface area contributed by atoms with E-state index in [2.05, 4.69) is 25.7 Å². The molecule has 0 heterocycles. The van der Waals surface area contributed by atoms with Crippen LogP contribution in [-0.4, -0.2) is 30.1 Å². The molecule has 0 amide bonds. The SMILES string of the molecule is CC(CN)CC(C)(C)CCN(C1CCCCC1)C1CCCCC1. The summed E-state index contributed by atoms with van der Waals surface area (Å²) in [5, 5.41) is 0. The van der Waals surface area contributed by atoms with Crippen molar-refractivity contribution in [1.82, 2.24) is 4.90 Å². The van der Waals surface area contributed by atoms with Gasteiger partial charge in [0.1, 0.15) is 0 Å². The van der Waals surface area contributed by atoms with E-state index < -0.39 is 0 Å². The average molecular weight is 323 g/mol. The molecule has 23 heavy (non-hydrogen) atoms. The highest BCUT2D eigenvalue weighted by molar-refractivity contribution is 4.85. The lowest BCUT2D eigenvalue weighted by molar-refractivity contribution is 0.0645. The van der Waals surface area contributed by atoms with Crippen LogP contribution in [-0.2, 0) is 0 Å². The fraction of sp³-hybridized carbons (Fsp3) is 1.00. The van der Waals surface area contributed by atoms with Crippen LogP contribution in [0.5, 0.6) is 0 Å². The van der Waals surface area contributed by atoms with Crippen molar-refractivity contribution in [2.45, 2.75) is 110 Å². The first-order chi connectivity index (χ1) is 11.0. The quantitative estimate of drug-likeness (QED) is 0.652. The van der Waals surface area contributed by atoms with E-state index in [1.807, 2.05) is 0 Å². The molecule has 0 saturated heterocycles. The first-order valence-corrected chi connectivity index (χ1v) is 10.5. The second-order valence-corrected chi connectivity index (χ2v) is 9.28. The molecule has 0 aromatic carbocycles. The first-order valence-electron chi connectivity index (χ1n) is 10.5. The third-order valence-corrected chi connectivity index (χ3v) is 6.44. The van der Waals surface area contributed by atoms with Crippen LogP contribution in [0.25, 0.3) is 0 Å². The highest BCUT2D eigenvalue weighted by Gasteiger charge is 2.30. The van der Waals surface area contributed by atoms with Gasteiger partial charge >= 0.3 is 0 Å². The van der Waals surface area contributed by atoms with Gasteiger partial charge in [-0.2, -0.15) is 0 Å². The molecule has 2 saturated carbocycles. The molecule has 2 rings (SSSR count). The topological polar surface area (TPSA) is 29.3 Å². The van der Waals surface area contributed by atoms with E-state index in [1.54, 1.807) is 0 Å². The van der Waals surface area contributed by atoms with E-state index in [4.69, 9.17) is 5.73 Å². The molecule has 136 valence electrons. The van der Waals surface area contributed by atoms with Gasteiger partial charge in [-0.1, -0.05) is 59.3 Å². The van der Waals surface area contributed by atoms with Crippen LogP contribution in [0.1, 0.15) is 97.8 Å². The molecule has 2 fully saturated rings. The summed E-state index contributed by atoms with van der Waals surface area (Å²) in [5.74, 6) is 0.655. The first kappa shape index (κ1) is 19.2. The summed E-state index contributed by atoms with van der Waals surface area (Å²) in [5.41, 5.74) is 6.29. The molecule has 0 aromatic rings. The molecule has 2 heteroatoms. The predicted molar refractivity (Wildman–Crippen MR) is 102 cm³/mol. The fourth-order valence-electron chi connectivity index (χ4n) is 5.05. The number of hydrogen-bond donors (Lipinski definition) is 1. The summed E-state index contributed by atoms with van der Waals surface area (Å²) in [6, 6.07) is 1.77. The number of nitrogens with two attached hydrogens (primary N) is 1. The zero-order chi connectivity index (χ0) is 16.7. The lowest BCUT2D eigenvalue weighted by Gasteiger charge is -2.43. The molecule has 0 aliphatic heterocycles. The zero-order valence-electron chi connectivity index (χ0n) is 16.2. The second-order valence-electron chi connectivity index (χ2n) is 9.28. The maximum atomic E-state index is 5.86. The Labute approximate surface area is 145 Å². The zero-order valence-corrected chi connectivity index (χ0v) is 16.2. The van der Waals surface area contributed by atoms with E-state index in [-0.39, 0.29) is 0 Å². The van der Waals surface area contributed by atoms with Crippen LogP contribution in [0.4, 0.5) is 0 Å². The van der Waals surface area contributed by atoms with Crippen molar-refractivity contribution in [3.05, 3.63) is 0 Å². The van der Waals surface area contributed by atoms with Gasteiger partial charge in [0.2, 0.25) is 0 Å². The van der Waals surface area contributed by atoms with Gasteiger partial charge in [0, 0.05) is 12.1 Å². The lowest BCUT2D eigenvalue weighted by atomic mass is 9.79. The van der Waals surface area contributed by atoms with E-state index in [0.29, 0.717) is 11.3 Å². The van der Waals surface area contributed by atoms with Gasteiger partial charge in [-0.05, 0) is 62.9 Å². The Kier molecular flexibility index (Phi) is 7.88. The van der Waals surface area contributed by atoms with Gasteiger partial charge in [-0.15, -0.1) is 0 Å². The molecule has 0 spiro atoms. The Hall–Kier alpha value is -0.0800. The smallest absolute Gasteiger partial charge is 0.00981 e. The van der Waals surface area contributed by atoms with Gasteiger partial charge in [0.05, 0.1) is 0 Å². The van der Waals surface area contributed by atoms with Crippen LogP contribution >= 0.6 is 0 Å². The van der Waals surface area contributed by atoms with Gasteiger partial charge in [-0.25, -0.2) is 0 Å². The summed E-state index contributed by atoms with van der Waals surface area (Å²) in [4.78, 5) is 2.97. The van der Waals surface area contributed by atoms with Crippen molar-refractivity contribution in [3.8, 4) is 0 Å². The summed E-state index contributed by atoms with van der Waals surface area (Å²) in [6.07, 6.45) is 17.2. The average Bonchev–Trinajstić information content (AvgIpc) is 2.56. The van der Waals surface area contributed by atoms with E-state index in [1.165, 1.54) is 83.6 Å². The third kappa shape index (κ3) is 6.38. The largest absolute Gasteiger partial charge is 0.330 e. The van der Waals surface area contributed by atoms with Crippen LogP contribution in [0.2, 0.25) is 0 Å². The predicted octanol–water partition coefficient (Wildman–Crippen LogP) is 5.36. The lowest BCUT2D eigenvalue weighted by Crippen LogP contribution is -2.46. The molecular formula is C21H42N2. The molecule has 1 unspecified atom stereocenters. The molecule has 2 aliphatic carbocycles. The van der Waals surface area contributed by atoms with Gasteiger partial charge in [0.15, 0.2) is 0 Å². The van der Waals surface area contributed by atoms with Crippen LogP contribution in [0.15, 0.2) is 0 Å². The maximum absolute atomic E-state index is 5.86.